The van der Waals surface area contributed by atoms with Gasteiger partial charge in [-0.1, -0.05) is 29.8 Å². The van der Waals surface area contributed by atoms with Gasteiger partial charge < -0.3 is 0 Å². The second kappa shape index (κ2) is 6.04. The van der Waals surface area contributed by atoms with Crippen LogP contribution in [-0.2, 0) is 10.2 Å². The lowest BCUT2D eigenvalue weighted by atomic mass is 10.1. The predicted octanol–water partition coefficient (Wildman–Crippen LogP) is 2.97. The zero-order valence-corrected chi connectivity index (χ0v) is 13.4. The van der Waals surface area contributed by atoms with Crippen molar-refractivity contribution in [1.82, 2.24) is 4.72 Å². The summed E-state index contributed by atoms with van der Waals surface area (Å²) in [7, 11) is -3.49. The molecule has 0 bridgehead atoms. The van der Waals surface area contributed by atoms with E-state index in [9.17, 15) is 8.42 Å². The summed E-state index contributed by atoms with van der Waals surface area (Å²) in [6.07, 6.45) is 0. The minimum absolute atomic E-state index is 0.273. The van der Waals surface area contributed by atoms with E-state index in [1.807, 2.05) is 27.7 Å². The van der Waals surface area contributed by atoms with Gasteiger partial charge in [-0.2, -0.15) is 13.1 Å². The fourth-order valence-corrected chi connectivity index (χ4v) is 2.75. The molecule has 0 saturated heterocycles. The van der Waals surface area contributed by atoms with Crippen LogP contribution >= 0.6 is 15.9 Å². The lowest BCUT2D eigenvalue weighted by Crippen LogP contribution is -2.32. The van der Waals surface area contributed by atoms with Gasteiger partial charge in [-0.25, -0.2) is 0 Å². The Labute approximate surface area is 117 Å². The van der Waals surface area contributed by atoms with Crippen LogP contribution in [0.1, 0.15) is 25.0 Å². The van der Waals surface area contributed by atoms with E-state index in [0.29, 0.717) is 12.2 Å². The molecule has 0 amide bonds. The number of halogens is 1. The van der Waals surface area contributed by atoms with Gasteiger partial charge in [0, 0.05) is 11.0 Å². The van der Waals surface area contributed by atoms with Crippen LogP contribution in [0.4, 0.5) is 5.69 Å². The van der Waals surface area contributed by atoms with Crippen molar-refractivity contribution in [3.8, 4) is 0 Å². The SMILES string of the molecule is Cc1cc(NS(=O)(=O)NCC(C)C)cc(C)c1Br. The van der Waals surface area contributed by atoms with Crippen LogP contribution in [0.25, 0.3) is 0 Å². The van der Waals surface area contributed by atoms with Crippen molar-refractivity contribution in [2.75, 3.05) is 11.3 Å². The monoisotopic (exact) mass is 334 g/mol. The molecule has 0 atom stereocenters. The van der Waals surface area contributed by atoms with E-state index in [2.05, 4.69) is 25.4 Å². The minimum atomic E-state index is -3.49. The third-order valence-electron chi connectivity index (χ3n) is 2.37. The van der Waals surface area contributed by atoms with Crippen LogP contribution in [0.15, 0.2) is 16.6 Å². The van der Waals surface area contributed by atoms with Gasteiger partial charge >= 0.3 is 0 Å². The largest absolute Gasteiger partial charge is 0.299 e. The topological polar surface area (TPSA) is 58.2 Å². The maximum absolute atomic E-state index is 11.8. The van der Waals surface area contributed by atoms with Gasteiger partial charge in [0.05, 0.1) is 5.69 Å². The Balaban J connectivity index is 2.85. The molecule has 102 valence electrons. The Kier molecular flexibility index (Phi) is 5.19. The standard InChI is InChI=1S/C12H19BrN2O2S/c1-8(2)7-14-18(16,17)15-11-5-9(3)12(13)10(4)6-11/h5-6,8,14-15H,7H2,1-4H3. The van der Waals surface area contributed by atoms with Crippen LogP contribution < -0.4 is 9.44 Å². The van der Waals surface area contributed by atoms with Crippen LogP contribution in [0.5, 0.6) is 0 Å². The fourth-order valence-electron chi connectivity index (χ4n) is 1.47. The summed E-state index contributed by atoms with van der Waals surface area (Å²) in [6.45, 7) is 8.18. The second-order valence-corrected chi connectivity index (χ2v) is 7.06. The Morgan fingerprint density at radius 1 is 1.22 bits per heavy atom. The first-order valence-electron chi connectivity index (χ1n) is 5.75. The molecule has 4 nitrogen and oxygen atoms in total. The highest BCUT2D eigenvalue weighted by Crippen LogP contribution is 2.25. The average Bonchev–Trinajstić information content (AvgIpc) is 2.22. The van der Waals surface area contributed by atoms with Gasteiger partial charge in [-0.15, -0.1) is 0 Å². The summed E-state index contributed by atoms with van der Waals surface area (Å²) in [4.78, 5) is 0. The maximum atomic E-state index is 11.8. The summed E-state index contributed by atoms with van der Waals surface area (Å²) >= 11 is 3.45. The summed E-state index contributed by atoms with van der Waals surface area (Å²) in [5.41, 5.74) is 2.57. The Bertz CT molecular complexity index is 504. The normalized spacial score (nSPS) is 11.9. The molecule has 0 heterocycles. The van der Waals surface area contributed by atoms with Crippen molar-refractivity contribution in [3.05, 3.63) is 27.7 Å². The molecular formula is C12H19BrN2O2S. The third kappa shape index (κ3) is 4.59. The molecule has 1 rings (SSSR count). The predicted molar refractivity (Wildman–Crippen MR) is 79.0 cm³/mol. The molecule has 0 aliphatic carbocycles. The zero-order chi connectivity index (χ0) is 13.9. The smallest absolute Gasteiger partial charge is 0.271 e. The number of nitrogens with one attached hydrogen (secondary N) is 2. The highest BCUT2D eigenvalue weighted by atomic mass is 79.9. The maximum Gasteiger partial charge on any atom is 0.299 e. The van der Waals surface area contributed by atoms with E-state index in [1.54, 1.807) is 12.1 Å². The molecule has 0 radical (unpaired) electrons. The number of aryl methyl sites for hydroxylation is 2. The number of hydrogen-bond acceptors (Lipinski definition) is 2. The summed E-state index contributed by atoms with van der Waals surface area (Å²) in [5.74, 6) is 0.273. The van der Waals surface area contributed by atoms with Crippen molar-refractivity contribution in [2.45, 2.75) is 27.7 Å². The average molecular weight is 335 g/mol. The molecule has 0 aliphatic heterocycles. The van der Waals surface area contributed by atoms with E-state index >= 15 is 0 Å². The fraction of sp³-hybridized carbons (Fsp3) is 0.500. The van der Waals surface area contributed by atoms with Gasteiger partial charge in [-0.3, -0.25) is 4.72 Å². The number of rotatable bonds is 5. The minimum Gasteiger partial charge on any atom is -0.271 e. The van der Waals surface area contributed by atoms with Crippen LogP contribution in [0.3, 0.4) is 0 Å². The van der Waals surface area contributed by atoms with Crippen molar-refractivity contribution in [1.29, 1.82) is 0 Å². The first-order chi connectivity index (χ1) is 8.21. The molecular weight excluding hydrogens is 316 g/mol. The molecule has 0 unspecified atom stereocenters. The second-order valence-electron chi connectivity index (χ2n) is 4.77. The molecule has 0 spiro atoms. The van der Waals surface area contributed by atoms with Crippen LogP contribution in [0, 0.1) is 19.8 Å². The first kappa shape index (κ1) is 15.5. The summed E-state index contributed by atoms with van der Waals surface area (Å²) in [6, 6.07) is 3.59. The van der Waals surface area contributed by atoms with Gasteiger partial charge in [0.2, 0.25) is 0 Å². The molecule has 1 aromatic rings. The molecule has 0 fully saturated rings. The highest BCUT2D eigenvalue weighted by molar-refractivity contribution is 9.10. The lowest BCUT2D eigenvalue weighted by Gasteiger charge is -2.13. The van der Waals surface area contributed by atoms with Crippen LogP contribution in [0.2, 0.25) is 0 Å². The highest BCUT2D eigenvalue weighted by Gasteiger charge is 2.11. The molecule has 18 heavy (non-hydrogen) atoms. The molecule has 6 heteroatoms. The number of benzene rings is 1. The van der Waals surface area contributed by atoms with E-state index < -0.39 is 10.2 Å². The van der Waals surface area contributed by atoms with Gasteiger partial charge in [0.15, 0.2) is 0 Å². The van der Waals surface area contributed by atoms with E-state index in [1.165, 1.54) is 0 Å². The van der Waals surface area contributed by atoms with Crippen molar-refractivity contribution < 1.29 is 8.42 Å². The quantitative estimate of drug-likeness (QED) is 0.869. The molecule has 0 aliphatic rings. The van der Waals surface area contributed by atoms with Crippen LogP contribution in [-0.4, -0.2) is 15.0 Å². The summed E-state index contributed by atoms with van der Waals surface area (Å²) < 4.78 is 29.6. The molecule has 0 saturated carbocycles. The zero-order valence-electron chi connectivity index (χ0n) is 11.0. The van der Waals surface area contributed by atoms with Crippen molar-refractivity contribution in [3.63, 3.8) is 0 Å². The van der Waals surface area contributed by atoms with Gasteiger partial charge in [-0.05, 0) is 43.0 Å². The third-order valence-corrected chi connectivity index (χ3v) is 4.67. The van der Waals surface area contributed by atoms with Gasteiger partial charge in [0.1, 0.15) is 0 Å². The lowest BCUT2D eigenvalue weighted by molar-refractivity contribution is 0.565. The molecule has 1 aromatic carbocycles. The number of anilines is 1. The van der Waals surface area contributed by atoms with E-state index in [4.69, 9.17) is 0 Å². The van der Waals surface area contributed by atoms with Gasteiger partial charge in [0.25, 0.3) is 10.2 Å². The van der Waals surface area contributed by atoms with Crippen molar-refractivity contribution in [2.24, 2.45) is 5.92 Å². The first-order valence-corrected chi connectivity index (χ1v) is 8.03. The van der Waals surface area contributed by atoms with E-state index in [0.717, 1.165) is 15.6 Å². The summed E-state index contributed by atoms with van der Waals surface area (Å²) in [5, 5.41) is 0. The van der Waals surface area contributed by atoms with E-state index in [-0.39, 0.29) is 5.92 Å². The number of hydrogen-bond donors (Lipinski definition) is 2. The Morgan fingerprint density at radius 3 is 2.17 bits per heavy atom. The Morgan fingerprint density at radius 2 is 1.72 bits per heavy atom. The van der Waals surface area contributed by atoms with Crippen molar-refractivity contribution >= 4 is 31.8 Å². The molecule has 2 N–H and O–H groups in total. The Hall–Kier alpha value is -0.590. The molecule has 0 aromatic heterocycles.